The topological polar surface area (TPSA) is 105 Å². The number of para-hydroxylation sites is 1. The van der Waals surface area contributed by atoms with Gasteiger partial charge >= 0.3 is 5.97 Å². The molecule has 9 heteroatoms. The Morgan fingerprint density at radius 1 is 1.31 bits per heavy atom. The van der Waals surface area contributed by atoms with Gasteiger partial charge < -0.3 is 4.74 Å². The summed E-state index contributed by atoms with van der Waals surface area (Å²) >= 11 is 0. The number of hydrogen-bond acceptors (Lipinski definition) is 6. The lowest BCUT2D eigenvalue weighted by Gasteiger charge is -2.21. The second kappa shape index (κ2) is 8.79. The van der Waals surface area contributed by atoms with Crippen molar-refractivity contribution in [1.29, 1.82) is 0 Å². The van der Waals surface area contributed by atoms with Crippen molar-refractivity contribution < 1.29 is 22.7 Å². The molecule has 0 unspecified atom stereocenters. The van der Waals surface area contributed by atoms with Gasteiger partial charge in [0.15, 0.2) is 0 Å². The Bertz CT molecular complexity index is 777. The van der Waals surface area contributed by atoms with Crippen LogP contribution in [0, 0.1) is 5.92 Å². The van der Waals surface area contributed by atoms with E-state index in [4.69, 9.17) is 4.74 Å². The minimum absolute atomic E-state index is 0.287. The molecule has 1 atom stereocenters. The number of hydrogen-bond donors (Lipinski definition) is 1. The maximum atomic E-state index is 12.2. The third-order valence-corrected chi connectivity index (χ3v) is 5.10. The molecule has 1 aliphatic rings. The van der Waals surface area contributed by atoms with Crippen molar-refractivity contribution in [2.75, 3.05) is 23.7 Å². The minimum Gasteiger partial charge on any atom is -0.465 e. The molecule has 1 aromatic carbocycles. The van der Waals surface area contributed by atoms with Crippen LogP contribution in [0.5, 0.6) is 0 Å². The van der Waals surface area contributed by atoms with Crippen molar-refractivity contribution in [1.82, 2.24) is 5.43 Å². The average molecular weight is 381 g/mol. The van der Waals surface area contributed by atoms with Crippen LogP contribution in [0.25, 0.3) is 0 Å². The Morgan fingerprint density at radius 2 is 2.00 bits per heavy atom. The van der Waals surface area contributed by atoms with Gasteiger partial charge in [-0.2, -0.15) is 5.10 Å². The van der Waals surface area contributed by atoms with Gasteiger partial charge in [-0.25, -0.2) is 13.8 Å². The summed E-state index contributed by atoms with van der Waals surface area (Å²) in [4.78, 5) is 24.1. The van der Waals surface area contributed by atoms with Crippen molar-refractivity contribution in [2.24, 2.45) is 11.0 Å². The molecule has 0 bridgehead atoms. The molecule has 1 aliphatic carbocycles. The number of nitrogens with zero attached hydrogens (tertiary/aromatic N) is 2. The number of rotatable bonds is 7. The van der Waals surface area contributed by atoms with Gasteiger partial charge in [-0.3, -0.25) is 13.9 Å². The van der Waals surface area contributed by atoms with Gasteiger partial charge in [0.2, 0.25) is 10.0 Å². The van der Waals surface area contributed by atoms with E-state index in [1.54, 1.807) is 37.3 Å². The Hall–Kier alpha value is -2.42. The van der Waals surface area contributed by atoms with E-state index in [1.165, 1.54) is 0 Å². The standard InChI is InChI=1S/C17H23N3O5S/c1-3-25-17(22)14-10-7-11-15(14)18-19-16(21)12-20(26(2,23)24)13-8-5-4-6-9-13/h4-6,8-9,14H,3,7,10-12H2,1-2H3,(H,19,21)/b18-15-/t14-/m1/s1. The van der Waals surface area contributed by atoms with Crippen molar-refractivity contribution >= 4 is 33.3 Å². The highest BCUT2D eigenvalue weighted by atomic mass is 32.2. The van der Waals surface area contributed by atoms with E-state index in [0.717, 1.165) is 17.0 Å². The first-order chi connectivity index (χ1) is 12.3. The van der Waals surface area contributed by atoms with E-state index in [-0.39, 0.29) is 12.6 Å². The first-order valence-electron chi connectivity index (χ1n) is 8.37. The van der Waals surface area contributed by atoms with Gasteiger partial charge in [-0.05, 0) is 38.3 Å². The Kier molecular flexibility index (Phi) is 6.73. The lowest BCUT2D eigenvalue weighted by molar-refractivity contribution is -0.145. The summed E-state index contributed by atoms with van der Waals surface area (Å²) in [5.41, 5.74) is 3.31. The third-order valence-electron chi connectivity index (χ3n) is 3.95. The van der Waals surface area contributed by atoms with Crippen molar-refractivity contribution in [3.8, 4) is 0 Å². The highest BCUT2D eigenvalue weighted by Gasteiger charge is 2.31. The number of benzene rings is 1. The molecule has 8 nitrogen and oxygen atoms in total. The Morgan fingerprint density at radius 3 is 2.62 bits per heavy atom. The summed E-state index contributed by atoms with van der Waals surface area (Å²) in [6, 6.07) is 8.34. The zero-order chi connectivity index (χ0) is 19.2. The molecule has 0 radical (unpaired) electrons. The number of amides is 1. The van der Waals surface area contributed by atoms with Crippen LogP contribution in [0.2, 0.25) is 0 Å². The van der Waals surface area contributed by atoms with E-state index in [1.807, 2.05) is 0 Å². The Balaban J connectivity index is 2.05. The molecule has 0 aliphatic heterocycles. The molecule has 1 N–H and O–H groups in total. The molecular formula is C17H23N3O5S. The first kappa shape index (κ1) is 19.9. The Labute approximate surface area is 153 Å². The van der Waals surface area contributed by atoms with Crippen LogP contribution >= 0.6 is 0 Å². The summed E-state index contributed by atoms with van der Waals surface area (Å²) in [5.74, 6) is -1.38. The van der Waals surface area contributed by atoms with E-state index in [0.29, 0.717) is 24.2 Å². The minimum atomic E-state index is -3.63. The summed E-state index contributed by atoms with van der Waals surface area (Å²) in [5, 5.41) is 4.03. The van der Waals surface area contributed by atoms with E-state index in [9.17, 15) is 18.0 Å². The lowest BCUT2D eigenvalue weighted by Crippen LogP contribution is -2.39. The maximum Gasteiger partial charge on any atom is 0.314 e. The van der Waals surface area contributed by atoms with Crippen LogP contribution in [-0.4, -0.2) is 45.4 Å². The van der Waals surface area contributed by atoms with Crippen LogP contribution in [0.15, 0.2) is 35.4 Å². The molecule has 142 valence electrons. The normalized spacial score (nSPS) is 18.5. The summed E-state index contributed by atoms with van der Waals surface area (Å²) in [6.07, 6.45) is 3.05. The predicted octanol–water partition coefficient (Wildman–Crippen LogP) is 1.29. The fourth-order valence-electron chi connectivity index (χ4n) is 2.75. The third kappa shape index (κ3) is 5.29. The molecule has 1 amide bonds. The molecule has 1 saturated carbocycles. The van der Waals surface area contributed by atoms with E-state index in [2.05, 4.69) is 10.5 Å². The molecular weight excluding hydrogens is 358 g/mol. The number of ether oxygens (including phenoxy) is 1. The molecule has 1 fully saturated rings. The largest absolute Gasteiger partial charge is 0.465 e. The molecule has 26 heavy (non-hydrogen) atoms. The maximum absolute atomic E-state index is 12.2. The van der Waals surface area contributed by atoms with Crippen molar-refractivity contribution in [3.05, 3.63) is 30.3 Å². The quantitative estimate of drug-likeness (QED) is 0.566. The zero-order valence-electron chi connectivity index (χ0n) is 14.8. The summed E-state index contributed by atoms with van der Waals surface area (Å²) in [7, 11) is -3.63. The number of sulfonamides is 1. The van der Waals surface area contributed by atoms with Crippen LogP contribution in [0.1, 0.15) is 26.2 Å². The fraction of sp³-hybridized carbons (Fsp3) is 0.471. The predicted molar refractivity (Wildman–Crippen MR) is 98.2 cm³/mol. The lowest BCUT2D eigenvalue weighted by atomic mass is 10.1. The van der Waals surface area contributed by atoms with Gasteiger partial charge in [0.05, 0.1) is 30.2 Å². The number of carbonyl (C=O) groups excluding carboxylic acids is 2. The number of esters is 1. The molecule has 0 heterocycles. The van der Waals surface area contributed by atoms with Crippen LogP contribution < -0.4 is 9.73 Å². The molecule has 0 saturated heterocycles. The molecule has 0 aromatic heterocycles. The summed E-state index contributed by atoms with van der Waals surface area (Å²) in [6.45, 7) is 1.62. The van der Waals surface area contributed by atoms with Gasteiger partial charge in [0.25, 0.3) is 5.91 Å². The number of nitrogens with one attached hydrogen (secondary N) is 1. The van der Waals surface area contributed by atoms with Crippen LogP contribution in [0.4, 0.5) is 5.69 Å². The summed E-state index contributed by atoms with van der Waals surface area (Å²) < 4.78 is 30.0. The van der Waals surface area contributed by atoms with Crippen LogP contribution in [-0.2, 0) is 24.3 Å². The SMILES string of the molecule is CCOC(=O)[C@@H]1CCC/C1=N/NC(=O)CN(c1ccccc1)S(C)(=O)=O. The van der Waals surface area contributed by atoms with Crippen molar-refractivity contribution in [2.45, 2.75) is 26.2 Å². The van der Waals surface area contributed by atoms with Gasteiger partial charge in [0.1, 0.15) is 6.54 Å². The fourth-order valence-corrected chi connectivity index (χ4v) is 3.61. The number of hydrazone groups is 1. The van der Waals surface area contributed by atoms with E-state index < -0.39 is 28.4 Å². The molecule has 1 aromatic rings. The van der Waals surface area contributed by atoms with Crippen LogP contribution in [0.3, 0.4) is 0 Å². The van der Waals surface area contributed by atoms with Gasteiger partial charge in [0, 0.05) is 0 Å². The van der Waals surface area contributed by atoms with E-state index >= 15 is 0 Å². The first-order valence-corrected chi connectivity index (χ1v) is 10.2. The molecule has 0 spiro atoms. The second-order valence-corrected chi connectivity index (χ2v) is 7.85. The van der Waals surface area contributed by atoms with Gasteiger partial charge in [-0.1, -0.05) is 18.2 Å². The molecule has 2 rings (SSSR count). The highest BCUT2D eigenvalue weighted by molar-refractivity contribution is 7.92. The number of carbonyl (C=O) groups is 2. The second-order valence-electron chi connectivity index (χ2n) is 5.94. The van der Waals surface area contributed by atoms with Crippen molar-refractivity contribution in [3.63, 3.8) is 0 Å². The number of anilines is 1. The average Bonchev–Trinajstić information content (AvgIpc) is 3.06. The zero-order valence-corrected chi connectivity index (χ0v) is 15.7. The highest BCUT2D eigenvalue weighted by Crippen LogP contribution is 2.23. The van der Waals surface area contributed by atoms with Gasteiger partial charge in [-0.15, -0.1) is 0 Å². The smallest absolute Gasteiger partial charge is 0.314 e. The monoisotopic (exact) mass is 381 g/mol.